The van der Waals surface area contributed by atoms with Crippen molar-refractivity contribution >= 4 is 38.9 Å². The van der Waals surface area contributed by atoms with Crippen molar-refractivity contribution in [2.75, 3.05) is 23.8 Å². The lowest BCUT2D eigenvalue weighted by atomic mass is 10.1. The van der Waals surface area contributed by atoms with Gasteiger partial charge in [0, 0.05) is 12.7 Å². The molecule has 3 aromatic carbocycles. The summed E-state index contributed by atoms with van der Waals surface area (Å²) >= 11 is 6.07. The summed E-state index contributed by atoms with van der Waals surface area (Å²) in [6.45, 7) is 0. The van der Waals surface area contributed by atoms with Gasteiger partial charge in [0.05, 0.1) is 29.1 Å². The molecule has 0 spiro atoms. The number of hydrogen-bond donors (Lipinski definition) is 1. The highest BCUT2D eigenvalue weighted by Crippen LogP contribution is 2.27. The fourth-order valence-electron chi connectivity index (χ4n) is 2.85. The van der Waals surface area contributed by atoms with Crippen LogP contribution in [0.5, 0.6) is 5.75 Å². The third-order valence-corrected chi connectivity index (χ3v) is 6.60. The molecule has 6 nitrogen and oxygen atoms in total. The average Bonchev–Trinajstić information content (AvgIpc) is 2.74. The number of methoxy groups -OCH3 is 1. The number of nitrogens with one attached hydrogen (secondary N) is 1. The van der Waals surface area contributed by atoms with Gasteiger partial charge in [0.2, 0.25) is 5.91 Å². The molecule has 0 bridgehead atoms. The summed E-state index contributed by atoms with van der Waals surface area (Å²) in [5.41, 5.74) is 1.82. The molecular formula is C22H21ClN2O4S. The number of hydrogen-bond acceptors (Lipinski definition) is 4. The number of carbonyl (C=O) groups excluding carboxylic acids is 1. The summed E-state index contributed by atoms with van der Waals surface area (Å²) in [6.07, 6.45) is 0.138. The van der Waals surface area contributed by atoms with Gasteiger partial charge in [-0.25, -0.2) is 8.42 Å². The molecule has 8 heteroatoms. The van der Waals surface area contributed by atoms with Crippen molar-refractivity contribution in [3.8, 4) is 5.75 Å². The summed E-state index contributed by atoms with van der Waals surface area (Å²) in [5.74, 6) is 0.314. The van der Waals surface area contributed by atoms with Gasteiger partial charge in [-0.05, 0) is 48.0 Å². The first kappa shape index (κ1) is 21.7. The summed E-state index contributed by atoms with van der Waals surface area (Å²) in [6, 6.07) is 20.0. The molecule has 3 aromatic rings. The first-order valence-corrected chi connectivity index (χ1v) is 10.9. The first-order valence-electron chi connectivity index (χ1n) is 9.07. The van der Waals surface area contributed by atoms with Crippen molar-refractivity contribution in [3.05, 3.63) is 83.4 Å². The molecule has 3 rings (SSSR count). The molecule has 0 unspecified atom stereocenters. The Morgan fingerprint density at radius 1 is 1.03 bits per heavy atom. The van der Waals surface area contributed by atoms with Crippen molar-refractivity contribution in [2.24, 2.45) is 0 Å². The minimum atomic E-state index is -3.65. The van der Waals surface area contributed by atoms with E-state index in [1.165, 1.54) is 18.5 Å². The Morgan fingerprint density at radius 3 is 2.30 bits per heavy atom. The van der Waals surface area contributed by atoms with Gasteiger partial charge in [0.15, 0.2) is 0 Å². The van der Waals surface area contributed by atoms with Crippen LogP contribution in [0.1, 0.15) is 5.56 Å². The van der Waals surface area contributed by atoms with Crippen molar-refractivity contribution in [1.29, 1.82) is 0 Å². The first-order chi connectivity index (χ1) is 14.3. The average molecular weight is 445 g/mol. The third-order valence-electron chi connectivity index (χ3n) is 4.50. The number of carbonyl (C=O) groups is 1. The number of nitrogens with zero attached hydrogens (tertiary/aromatic N) is 1. The zero-order valence-electron chi connectivity index (χ0n) is 16.5. The van der Waals surface area contributed by atoms with Crippen LogP contribution in [0.15, 0.2) is 77.7 Å². The van der Waals surface area contributed by atoms with Gasteiger partial charge >= 0.3 is 0 Å². The molecule has 0 aliphatic rings. The topological polar surface area (TPSA) is 75.7 Å². The predicted molar refractivity (Wildman–Crippen MR) is 119 cm³/mol. The van der Waals surface area contributed by atoms with Crippen LogP contribution in [0.3, 0.4) is 0 Å². The van der Waals surface area contributed by atoms with Crippen LogP contribution >= 0.6 is 11.6 Å². The van der Waals surface area contributed by atoms with Gasteiger partial charge in [-0.15, -0.1) is 0 Å². The number of ether oxygens (including phenoxy) is 1. The Balaban J connectivity index is 1.67. The van der Waals surface area contributed by atoms with Crippen LogP contribution in [-0.2, 0) is 21.2 Å². The zero-order chi connectivity index (χ0) is 21.7. The zero-order valence-corrected chi connectivity index (χ0v) is 18.1. The molecule has 0 fully saturated rings. The van der Waals surface area contributed by atoms with Crippen LogP contribution < -0.4 is 14.4 Å². The van der Waals surface area contributed by atoms with Crippen molar-refractivity contribution < 1.29 is 17.9 Å². The van der Waals surface area contributed by atoms with Crippen LogP contribution in [-0.4, -0.2) is 28.5 Å². The summed E-state index contributed by atoms with van der Waals surface area (Å²) in [5, 5.41) is 3.19. The van der Waals surface area contributed by atoms with Gasteiger partial charge in [-0.3, -0.25) is 9.10 Å². The van der Waals surface area contributed by atoms with E-state index in [0.717, 1.165) is 5.56 Å². The van der Waals surface area contributed by atoms with Gasteiger partial charge in [-0.1, -0.05) is 41.9 Å². The lowest BCUT2D eigenvalue weighted by Crippen LogP contribution is -2.26. The van der Waals surface area contributed by atoms with E-state index in [4.69, 9.17) is 16.3 Å². The second-order valence-electron chi connectivity index (χ2n) is 6.53. The normalized spacial score (nSPS) is 11.0. The maximum absolute atomic E-state index is 12.7. The number of benzene rings is 3. The standard InChI is InChI=1S/C22H21ClN2O4S/c1-25(30(27,28)19-6-4-3-5-7-19)18-11-8-16(9-12-18)14-22(26)24-17-10-13-21(29-2)20(23)15-17/h3-13,15H,14H2,1-2H3,(H,24,26). The molecule has 0 aliphatic carbocycles. The van der Waals surface area contributed by atoms with Crippen molar-refractivity contribution in [3.63, 3.8) is 0 Å². The number of anilines is 2. The fourth-order valence-corrected chi connectivity index (χ4v) is 4.32. The molecule has 0 atom stereocenters. The Kier molecular flexibility index (Phi) is 6.64. The monoisotopic (exact) mass is 444 g/mol. The summed E-state index contributed by atoms with van der Waals surface area (Å²) < 4.78 is 31.7. The SMILES string of the molecule is COc1ccc(NC(=O)Cc2ccc(N(C)S(=O)(=O)c3ccccc3)cc2)cc1Cl. The Hall–Kier alpha value is -3.03. The van der Waals surface area contributed by atoms with E-state index >= 15 is 0 Å². The van der Waals surface area contributed by atoms with Crippen LogP contribution in [0.25, 0.3) is 0 Å². The fraction of sp³-hybridized carbons (Fsp3) is 0.136. The quantitative estimate of drug-likeness (QED) is 0.587. The smallest absolute Gasteiger partial charge is 0.264 e. The summed E-state index contributed by atoms with van der Waals surface area (Å²) in [7, 11) is -0.630. The number of rotatable bonds is 7. The molecule has 1 N–H and O–H groups in total. The lowest BCUT2D eigenvalue weighted by molar-refractivity contribution is -0.115. The number of halogens is 1. The van der Waals surface area contributed by atoms with Gasteiger partial charge in [0.1, 0.15) is 5.75 Å². The molecule has 0 saturated carbocycles. The molecule has 0 saturated heterocycles. The van der Waals surface area contributed by atoms with E-state index in [9.17, 15) is 13.2 Å². The van der Waals surface area contributed by atoms with Gasteiger partial charge in [-0.2, -0.15) is 0 Å². The molecule has 156 valence electrons. The van der Waals surface area contributed by atoms with E-state index in [0.29, 0.717) is 22.1 Å². The van der Waals surface area contributed by atoms with E-state index in [2.05, 4.69) is 5.32 Å². The second kappa shape index (κ2) is 9.19. The minimum absolute atomic E-state index is 0.138. The number of sulfonamides is 1. The molecule has 0 radical (unpaired) electrons. The van der Waals surface area contributed by atoms with Crippen LogP contribution in [0.2, 0.25) is 5.02 Å². The van der Waals surface area contributed by atoms with Crippen molar-refractivity contribution in [1.82, 2.24) is 0 Å². The minimum Gasteiger partial charge on any atom is -0.495 e. The third kappa shape index (κ3) is 4.93. The largest absolute Gasteiger partial charge is 0.495 e. The molecule has 0 aliphatic heterocycles. The molecular weight excluding hydrogens is 424 g/mol. The van der Waals surface area contributed by atoms with E-state index < -0.39 is 10.0 Å². The molecule has 0 aromatic heterocycles. The maximum atomic E-state index is 12.7. The second-order valence-corrected chi connectivity index (χ2v) is 8.90. The van der Waals surface area contributed by atoms with Crippen LogP contribution in [0.4, 0.5) is 11.4 Å². The molecule has 1 amide bonds. The summed E-state index contributed by atoms with van der Waals surface area (Å²) in [4.78, 5) is 12.5. The van der Waals surface area contributed by atoms with Gasteiger partial charge in [0.25, 0.3) is 10.0 Å². The van der Waals surface area contributed by atoms with Crippen LogP contribution in [0, 0.1) is 0 Å². The van der Waals surface area contributed by atoms with E-state index in [-0.39, 0.29) is 17.2 Å². The molecule has 0 heterocycles. The maximum Gasteiger partial charge on any atom is 0.264 e. The highest BCUT2D eigenvalue weighted by atomic mass is 35.5. The predicted octanol–water partition coefficient (Wildman–Crippen LogP) is 4.35. The number of amides is 1. The van der Waals surface area contributed by atoms with E-state index in [1.807, 2.05) is 0 Å². The molecule has 30 heavy (non-hydrogen) atoms. The highest BCUT2D eigenvalue weighted by Gasteiger charge is 2.20. The Bertz CT molecular complexity index is 1130. The Morgan fingerprint density at radius 2 is 1.70 bits per heavy atom. The highest BCUT2D eigenvalue weighted by molar-refractivity contribution is 7.92. The van der Waals surface area contributed by atoms with Gasteiger partial charge < -0.3 is 10.1 Å². The lowest BCUT2D eigenvalue weighted by Gasteiger charge is -2.19. The Labute approximate surface area is 181 Å². The van der Waals surface area contributed by atoms with Crippen molar-refractivity contribution in [2.45, 2.75) is 11.3 Å². The van der Waals surface area contributed by atoms with E-state index in [1.54, 1.807) is 72.8 Å².